The summed E-state index contributed by atoms with van der Waals surface area (Å²) in [6.45, 7) is 3.22. The average Bonchev–Trinajstić information content (AvgIpc) is 3.61. The Labute approximate surface area is 239 Å². The number of carbonyl (C=O) groups excluding carboxylic acids is 1. The Morgan fingerprint density at radius 2 is 2.05 bits per heavy atom. The lowest BCUT2D eigenvalue weighted by atomic mass is 9.83. The number of ether oxygens (including phenoxy) is 3. The number of hydrogen-bond donors (Lipinski definition) is 1. The van der Waals surface area contributed by atoms with E-state index < -0.39 is 11.9 Å². The first-order valence-electron chi connectivity index (χ1n) is 14.0. The number of aromatic nitrogens is 2. The Kier molecular flexibility index (Phi) is 8.98. The van der Waals surface area contributed by atoms with Crippen molar-refractivity contribution in [2.75, 3.05) is 38.4 Å². The quantitative estimate of drug-likeness (QED) is 0.349. The van der Waals surface area contributed by atoms with Crippen molar-refractivity contribution in [1.82, 2.24) is 14.9 Å². The molecule has 1 saturated heterocycles. The third-order valence-electron chi connectivity index (χ3n) is 7.90. The smallest absolute Gasteiger partial charge is 0.308 e. The largest absolute Gasteiger partial charge is 0.493 e. The fraction of sp³-hybridized carbons (Fsp3) is 0.419. The van der Waals surface area contributed by atoms with Gasteiger partial charge in [0.1, 0.15) is 0 Å². The van der Waals surface area contributed by atoms with Crippen molar-refractivity contribution in [3.05, 3.63) is 72.3 Å². The van der Waals surface area contributed by atoms with Crippen molar-refractivity contribution in [2.24, 2.45) is 5.92 Å². The van der Waals surface area contributed by atoms with Crippen LogP contribution in [-0.2, 0) is 16.0 Å². The first-order chi connectivity index (χ1) is 20.0. The van der Waals surface area contributed by atoms with Crippen molar-refractivity contribution >= 4 is 17.6 Å². The number of unbranched alkanes of at least 4 members (excludes halogenated alkanes) is 1. The second kappa shape index (κ2) is 13.0. The third-order valence-corrected chi connectivity index (χ3v) is 7.90. The third kappa shape index (κ3) is 6.27. The van der Waals surface area contributed by atoms with Crippen LogP contribution < -0.4 is 19.1 Å². The second-order valence-corrected chi connectivity index (χ2v) is 10.4. The van der Waals surface area contributed by atoms with Crippen LogP contribution in [0.3, 0.4) is 0 Å². The standard InChI is InChI=1S/C31H36N4O6/c1-3-4-14-35(23-9-7-12-32-17-23)28(36)19-34-18-24(21-15-26(39-2)30-27(16-21)40-20-41-30)29(31(37)38)25(34)11-10-22-8-5-6-13-33-22/h5-9,12-13,15-17,24-25,29H,3-4,10-11,14,18-20H2,1-2H3,(H,37,38). The molecule has 1 N–H and O–H groups in total. The molecule has 216 valence electrons. The molecule has 10 heteroatoms. The number of methoxy groups -OCH3 is 1. The minimum Gasteiger partial charge on any atom is -0.493 e. The van der Waals surface area contributed by atoms with Gasteiger partial charge in [0.2, 0.25) is 18.4 Å². The average molecular weight is 561 g/mol. The molecule has 1 aromatic carbocycles. The number of carboxylic acid groups (broad SMARTS) is 1. The number of nitrogens with zero attached hydrogens (tertiary/aromatic N) is 4. The molecule has 0 radical (unpaired) electrons. The number of pyridine rings is 2. The van der Waals surface area contributed by atoms with E-state index in [0.29, 0.717) is 43.2 Å². The maximum atomic E-state index is 13.8. The minimum atomic E-state index is -0.900. The molecule has 3 atom stereocenters. The van der Waals surface area contributed by atoms with Gasteiger partial charge >= 0.3 is 5.97 Å². The summed E-state index contributed by atoms with van der Waals surface area (Å²) >= 11 is 0. The normalized spacial score (nSPS) is 19.7. The van der Waals surface area contributed by atoms with Crippen LogP contribution in [0.1, 0.15) is 43.4 Å². The highest BCUT2D eigenvalue weighted by Crippen LogP contribution is 2.47. The van der Waals surface area contributed by atoms with Gasteiger partial charge in [0.25, 0.3) is 0 Å². The Morgan fingerprint density at radius 3 is 2.76 bits per heavy atom. The van der Waals surface area contributed by atoms with Crippen molar-refractivity contribution < 1.29 is 28.9 Å². The van der Waals surface area contributed by atoms with E-state index >= 15 is 0 Å². The summed E-state index contributed by atoms with van der Waals surface area (Å²) in [6, 6.07) is 12.7. The van der Waals surface area contributed by atoms with Crippen molar-refractivity contribution in [1.29, 1.82) is 0 Å². The van der Waals surface area contributed by atoms with Crippen LogP contribution in [0, 0.1) is 5.92 Å². The molecule has 5 rings (SSSR count). The molecular formula is C31H36N4O6. The van der Waals surface area contributed by atoms with Crippen molar-refractivity contribution in [3.8, 4) is 17.2 Å². The molecule has 0 saturated carbocycles. The Bertz CT molecular complexity index is 1340. The minimum absolute atomic E-state index is 0.0808. The highest BCUT2D eigenvalue weighted by molar-refractivity contribution is 5.94. The lowest BCUT2D eigenvalue weighted by molar-refractivity contribution is -0.143. The molecule has 0 bridgehead atoms. The number of likely N-dealkylation sites (tertiary alicyclic amines) is 1. The van der Waals surface area contributed by atoms with Gasteiger partial charge in [-0.3, -0.25) is 24.5 Å². The number of aliphatic carboxylic acids is 1. The maximum Gasteiger partial charge on any atom is 0.308 e. The number of carboxylic acids is 1. The topological polar surface area (TPSA) is 114 Å². The molecule has 1 fully saturated rings. The van der Waals surface area contributed by atoms with Gasteiger partial charge in [-0.25, -0.2) is 0 Å². The van der Waals surface area contributed by atoms with E-state index in [0.717, 1.165) is 29.8 Å². The molecule has 0 spiro atoms. The van der Waals surface area contributed by atoms with Gasteiger partial charge in [-0.1, -0.05) is 19.4 Å². The summed E-state index contributed by atoms with van der Waals surface area (Å²) < 4.78 is 16.8. The summed E-state index contributed by atoms with van der Waals surface area (Å²) in [5, 5.41) is 10.6. The van der Waals surface area contributed by atoms with Crippen LogP contribution in [0.2, 0.25) is 0 Å². The Hall–Kier alpha value is -4.18. The Morgan fingerprint density at radius 1 is 1.17 bits per heavy atom. The van der Waals surface area contributed by atoms with Crippen LogP contribution >= 0.6 is 0 Å². The van der Waals surface area contributed by atoms with Crippen LogP contribution in [0.25, 0.3) is 0 Å². The summed E-state index contributed by atoms with van der Waals surface area (Å²) in [4.78, 5) is 39.2. The van der Waals surface area contributed by atoms with Gasteiger partial charge in [0.15, 0.2) is 11.5 Å². The molecule has 41 heavy (non-hydrogen) atoms. The zero-order valence-corrected chi connectivity index (χ0v) is 23.4. The number of rotatable bonds is 12. The maximum absolute atomic E-state index is 13.8. The number of amides is 1. The number of hydrogen-bond acceptors (Lipinski definition) is 8. The molecule has 2 aliphatic heterocycles. The van der Waals surface area contributed by atoms with Crippen molar-refractivity contribution in [2.45, 2.75) is 44.6 Å². The van der Waals surface area contributed by atoms with E-state index in [4.69, 9.17) is 14.2 Å². The first kappa shape index (κ1) is 28.4. The highest BCUT2D eigenvalue weighted by Gasteiger charge is 2.47. The predicted octanol–water partition coefficient (Wildman–Crippen LogP) is 4.15. The van der Waals surface area contributed by atoms with Gasteiger partial charge in [-0.15, -0.1) is 0 Å². The SMILES string of the molecule is CCCCN(C(=O)CN1CC(c2cc(OC)c3c(c2)OCO3)C(C(=O)O)C1CCc1ccccn1)c1cccnc1. The van der Waals surface area contributed by atoms with Gasteiger partial charge in [-0.2, -0.15) is 0 Å². The van der Waals surface area contributed by atoms with E-state index in [1.807, 2.05) is 47.4 Å². The monoisotopic (exact) mass is 560 g/mol. The van der Waals surface area contributed by atoms with E-state index in [1.165, 1.54) is 0 Å². The van der Waals surface area contributed by atoms with Gasteiger partial charge in [-0.05, 0) is 61.2 Å². The second-order valence-electron chi connectivity index (χ2n) is 10.4. The number of benzene rings is 1. The molecule has 3 unspecified atom stereocenters. The number of fused-ring (bicyclic) bond motifs is 1. The number of aryl methyl sites for hydroxylation is 1. The van der Waals surface area contributed by atoms with Crippen molar-refractivity contribution in [3.63, 3.8) is 0 Å². The molecule has 4 heterocycles. The number of anilines is 1. The van der Waals surface area contributed by atoms with Gasteiger partial charge in [0.05, 0.1) is 31.5 Å². The number of carbonyl (C=O) groups is 2. The summed E-state index contributed by atoms with van der Waals surface area (Å²) in [7, 11) is 1.55. The molecular weight excluding hydrogens is 524 g/mol. The van der Waals surface area contributed by atoms with Gasteiger partial charge in [0, 0.05) is 43.1 Å². The van der Waals surface area contributed by atoms with E-state index in [2.05, 4.69) is 16.9 Å². The van der Waals surface area contributed by atoms with E-state index in [1.54, 1.807) is 30.6 Å². The molecule has 1 amide bonds. The molecule has 2 aliphatic rings. The summed E-state index contributed by atoms with van der Waals surface area (Å²) in [5.41, 5.74) is 2.41. The molecule has 10 nitrogen and oxygen atoms in total. The van der Waals surface area contributed by atoms with E-state index in [9.17, 15) is 14.7 Å². The fourth-order valence-corrected chi connectivity index (χ4v) is 5.88. The molecule has 0 aliphatic carbocycles. The highest BCUT2D eigenvalue weighted by atomic mass is 16.7. The first-order valence-corrected chi connectivity index (χ1v) is 14.0. The van der Waals surface area contributed by atoms with Crippen LogP contribution in [0.4, 0.5) is 5.69 Å². The summed E-state index contributed by atoms with van der Waals surface area (Å²) in [6.07, 6.45) is 8.04. The lowest BCUT2D eigenvalue weighted by Gasteiger charge is -2.29. The molecule has 3 aromatic rings. The molecule has 2 aromatic heterocycles. The van der Waals surface area contributed by atoms with Gasteiger partial charge < -0.3 is 24.2 Å². The zero-order valence-electron chi connectivity index (χ0n) is 23.4. The van der Waals surface area contributed by atoms with Crippen LogP contribution in [-0.4, -0.2) is 71.4 Å². The van der Waals surface area contributed by atoms with Crippen LogP contribution in [0.5, 0.6) is 17.2 Å². The van der Waals surface area contributed by atoms with E-state index in [-0.39, 0.29) is 31.2 Å². The predicted molar refractivity (Wildman–Crippen MR) is 152 cm³/mol. The van der Waals surface area contributed by atoms with Crippen LogP contribution in [0.15, 0.2) is 61.1 Å². The lowest BCUT2D eigenvalue weighted by Crippen LogP contribution is -2.44. The fourth-order valence-electron chi connectivity index (χ4n) is 5.88. The zero-order chi connectivity index (χ0) is 28.8. The Balaban J connectivity index is 1.47. The summed E-state index contributed by atoms with van der Waals surface area (Å²) in [5.74, 6) is -0.571.